The summed E-state index contributed by atoms with van der Waals surface area (Å²) in [5.74, 6) is -0.440. The van der Waals surface area contributed by atoms with Crippen LogP contribution < -0.4 is 5.32 Å². The maximum absolute atomic E-state index is 12.7. The maximum Gasteiger partial charge on any atom is 0.255 e. The zero-order valence-electron chi connectivity index (χ0n) is 15.6. The van der Waals surface area contributed by atoms with Gasteiger partial charge in [0.25, 0.3) is 5.91 Å². The van der Waals surface area contributed by atoms with Gasteiger partial charge >= 0.3 is 0 Å². The first-order valence-electron chi connectivity index (χ1n) is 8.54. The van der Waals surface area contributed by atoms with Crippen LogP contribution in [0.15, 0.2) is 78.7 Å². The number of Topliss-reactive ketones (excluding diaryl/α,β-unsaturated/α-hetero) is 1. The predicted octanol–water partition coefficient (Wildman–Crippen LogP) is 3.50. The largest absolute Gasteiger partial charge is 0.322 e. The number of sulfonamides is 1. The fourth-order valence-corrected chi connectivity index (χ4v) is 3.86. The van der Waals surface area contributed by atoms with E-state index >= 15 is 0 Å². The quantitative estimate of drug-likeness (QED) is 0.518. The number of anilines is 1. The summed E-state index contributed by atoms with van der Waals surface area (Å²) < 4.78 is 26.6. The van der Waals surface area contributed by atoms with Crippen molar-refractivity contribution < 1.29 is 18.0 Å². The number of amides is 1. The third kappa shape index (κ3) is 5.03. The Balaban J connectivity index is 2.16. The molecule has 0 unspecified atom stereocenters. The van der Waals surface area contributed by atoms with Crippen molar-refractivity contribution in [3.63, 3.8) is 0 Å². The van der Waals surface area contributed by atoms with Crippen LogP contribution in [0.2, 0.25) is 0 Å². The molecule has 0 bridgehead atoms. The fourth-order valence-electron chi connectivity index (χ4n) is 2.48. The highest BCUT2D eigenvalue weighted by molar-refractivity contribution is 7.89. The first-order chi connectivity index (χ1) is 13.3. The van der Waals surface area contributed by atoms with E-state index in [1.54, 1.807) is 24.3 Å². The molecule has 0 heterocycles. The van der Waals surface area contributed by atoms with Crippen molar-refractivity contribution in [3.05, 3.63) is 85.0 Å². The Morgan fingerprint density at radius 1 is 0.929 bits per heavy atom. The average molecular weight is 398 g/mol. The van der Waals surface area contributed by atoms with Crippen molar-refractivity contribution in [2.45, 2.75) is 11.8 Å². The lowest BCUT2D eigenvalue weighted by atomic mass is 10.1. The predicted molar refractivity (Wildman–Crippen MR) is 110 cm³/mol. The summed E-state index contributed by atoms with van der Waals surface area (Å²) >= 11 is 0. The minimum atomic E-state index is -3.71. The Bertz CT molecular complexity index is 968. The summed E-state index contributed by atoms with van der Waals surface area (Å²) in [6.45, 7) is 8.93. The normalized spacial score (nSPS) is 11.1. The maximum atomic E-state index is 12.7. The first kappa shape index (κ1) is 21.3. The number of ketones is 1. The molecule has 6 nitrogen and oxygen atoms in total. The minimum absolute atomic E-state index is 0.0587. The molecule has 0 radical (unpaired) electrons. The van der Waals surface area contributed by atoms with Crippen LogP contribution in [0.3, 0.4) is 0 Å². The molecule has 146 valence electrons. The Hall–Kier alpha value is -3.03. The van der Waals surface area contributed by atoms with Crippen molar-refractivity contribution in [1.29, 1.82) is 0 Å². The topological polar surface area (TPSA) is 83.6 Å². The lowest BCUT2D eigenvalue weighted by molar-refractivity contribution is 0.101. The van der Waals surface area contributed by atoms with Crippen LogP contribution in [0.25, 0.3) is 0 Å². The molecule has 0 saturated heterocycles. The smallest absolute Gasteiger partial charge is 0.255 e. The van der Waals surface area contributed by atoms with Gasteiger partial charge in [0.1, 0.15) is 0 Å². The van der Waals surface area contributed by atoms with Gasteiger partial charge in [-0.15, -0.1) is 13.2 Å². The van der Waals surface area contributed by atoms with E-state index in [0.29, 0.717) is 16.8 Å². The second kappa shape index (κ2) is 9.25. The van der Waals surface area contributed by atoms with Gasteiger partial charge in [0.15, 0.2) is 5.78 Å². The van der Waals surface area contributed by atoms with Gasteiger partial charge in [-0.05, 0) is 55.5 Å². The Kier molecular flexibility index (Phi) is 7.03. The first-order valence-corrected chi connectivity index (χ1v) is 9.98. The summed E-state index contributed by atoms with van der Waals surface area (Å²) in [5, 5.41) is 2.71. The molecule has 1 N–H and O–H groups in total. The number of nitrogens with zero attached hydrogens (tertiary/aromatic N) is 1. The van der Waals surface area contributed by atoms with Gasteiger partial charge in [-0.3, -0.25) is 9.59 Å². The number of carbonyl (C=O) groups is 2. The third-order valence-corrected chi connectivity index (χ3v) is 5.81. The summed E-state index contributed by atoms with van der Waals surface area (Å²) in [6, 6.07) is 12.2. The monoisotopic (exact) mass is 398 g/mol. The lowest BCUT2D eigenvalue weighted by Crippen LogP contribution is -2.31. The zero-order valence-corrected chi connectivity index (χ0v) is 16.4. The van der Waals surface area contributed by atoms with Crippen LogP contribution in [0.5, 0.6) is 0 Å². The van der Waals surface area contributed by atoms with E-state index in [0.717, 1.165) is 0 Å². The number of hydrogen-bond acceptors (Lipinski definition) is 4. The molecule has 28 heavy (non-hydrogen) atoms. The van der Waals surface area contributed by atoms with Crippen molar-refractivity contribution in [3.8, 4) is 0 Å². The molecule has 1 amide bonds. The molecule has 0 fully saturated rings. The highest BCUT2D eigenvalue weighted by Gasteiger charge is 2.22. The van der Waals surface area contributed by atoms with Crippen molar-refractivity contribution >= 4 is 27.4 Å². The van der Waals surface area contributed by atoms with Crippen LogP contribution in [0.1, 0.15) is 27.6 Å². The highest BCUT2D eigenvalue weighted by atomic mass is 32.2. The molecule has 2 aromatic rings. The summed E-state index contributed by atoms with van der Waals surface area (Å²) in [5.41, 5.74) is 1.40. The van der Waals surface area contributed by atoms with Crippen molar-refractivity contribution in [2.24, 2.45) is 0 Å². The molecule has 0 atom stereocenters. The van der Waals surface area contributed by atoms with Gasteiger partial charge in [-0.1, -0.05) is 12.2 Å². The van der Waals surface area contributed by atoms with Crippen molar-refractivity contribution in [1.82, 2.24) is 4.31 Å². The standard InChI is InChI=1S/C21H22N2O4S/c1-4-14-23(15-5-2)28(26,27)20-12-8-18(9-13-20)21(25)22-19-10-6-17(7-11-19)16(3)24/h4-13H,1-2,14-15H2,3H3,(H,22,25). The molecule has 2 rings (SSSR count). The van der Waals surface area contributed by atoms with E-state index in [1.165, 1.54) is 47.6 Å². The third-order valence-electron chi connectivity index (χ3n) is 3.97. The van der Waals surface area contributed by atoms with Crippen LogP contribution in [0.4, 0.5) is 5.69 Å². The average Bonchev–Trinajstić information content (AvgIpc) is 2.68. The van der Waals surface area contributed by atoms with E-state index in [4.69, 9.17) is 0 Å². The Labute approximate surface area is 165 Å². The van der Waals surface area contributed by atoms with Crippen LogP contribution >= 0.6 is 0 Å². The molecule has 7 heteroatoms. The number of nitrogens with one attached hydrogen (secondary N) is 1. The Morgan fingerprint density at radius 2 is 1.43 bits per heavy atom. The van der Waals surface area contributed by atoms with Gasteiger partial charge in [0.2, 0.25) is 10.0 Å². The molecular weight excluding hydrogens is 376 g/mol. The second-order valence-electron chi connectivity index (χ2n) is 6.01. The van der Waals surface area contributed by atoms with E-state index in [9.17, 15) is 18.0 Å². The number of carbonyl (C=O) groups excluding carboxylic acids is 2. The molecule has 0 aliphatic carbocycles. The summed E-state index contributed by atoms with van der Waals surface area (Å²) in [6.07, 6.45) is 3.00. The minimum Gasteiger partial charge on any atom is -0.322 e. The zero-order chi connectivity index (χ0) is 20.7. The SMILES string of the molecule is C=CCN(CC=C)S(=O)(=O)c1ccc(C(=O)Nc2ccc(C(C)=O)cc2)cc1. The molecule has 0 spiro atoms. The molecule has 2 aromatic carbocycles. The second-order valence-corrected chi connectivity index (χ2v) is 7.95. The Morgan fingerprint density at radius 3 is 1.89 bits per heavy atom. The van der Waals surface area contributed by atoms with Crippen LogP contribution in [0, 0.1) is 0 Å². The highest BCUT2D eigenvalue weighted by Crippen LogP contribution is 2.18. The van der Waals surface area contributed by atoms with Gasteiger partial charge in [-0.2, -0.15) is 4.31 Å². The van der Waals surface area contributed by atoms with Crippen LogP contribution in [-0.2, 0) is 10.0 Å². The van der Waals surface area contributed by atoms with E-state index in [2.05, 4.69) is 18.5 Å². The molecule has 0 aliphatic heterocycles. The van der Waals surface area contributed by atoms with Gasteiger partial charge in [-0.25, -0.2) is 8.42 Å². The number of rotatable bonds is 9. The van der Waals surface area contributed by atoms with E-state index in [-0.39, 0.29) is 29.7 Å². The molecule has 0 saturated carbocycles. The van der Waals surface area contributed by atoms with E-state index in [1.807, 2.05) is 0 Å². The van der Waals surface area contributed by atoms with Crippen LogP contribution in [-0.4, -0.2) is 37.5 Å². The van der Waals surface area contributed by atoms with Crippen molar-refractivity contribution in [2.75, 3.05) is 18.4 Å². The summed E-state index contributed by atoms with van der Waals surface area (Å²) in [7, 11) is -3.71. The number of hydrogen-bond donors (Lipinski definition) is 1. The molecular formula is C21H22N2O4S. The molecule has 0 aromatic heterocycles. The van der Waals surface area contributed by atoms with Gasteiger partial charge < -0.3 is 5.32 Å². The molecule has 0 aliphatic rings. The summed E-state index contributed by atoms with van der Waals surface area (Å²) in [4.78, 5) is 23.7. The van der Waals surface area contributed by atoms with E-state index < -0.39 is 10.0 Å². The van der Waals surface area contributed by atoms with Gasteiger partial charge in [0, 0.05) is 29.9 Å². The lowest BCUT2D eigenvalue weighted by Gasteiger charge is -2.19. The fraction of sp³-hybridized carbons (Fsp3) is 0.143. The van der Waals surface area contributed by atoms with Gasteiger partial charge in [0.05, 0.1) is 4.90 Å². The number of benzene rings is 2.